The molecule has 0 spiro atoms. The summed E-state index contributed by atoms with van der Waals surface area (Å²) in [5, 5.41) is 10.1. The van der Waals surface area contributed by atoms with Gasteiger partial charge in [-0.05, 0) is 43.9 Å². The molecule has 0 atom stereocenters. The third kappa shape index (κ3) is 7.05. The quantitative estimate of drug-likeness (QED) is 0.483. The number of nitrogens with zero attached hydrogens (tertiary/aromatic N) is 3. The fourth-order valence-corrected chi connectivity index (χ4v) is 4.61. The highest BCUT2D eigenvalue weighted by Gasteiger charge is 2.30. The standard InChI is InChI=1S/C27H38N4O3/c1-29(26(32)14-6-3-9-17-28)20-21-30-18-15-23(16-19-30)31(27(33)34)25-13-8-7-12-24(25)22-10-4-2-5-11-22/h2,4-5,7-8,10-13,23H,3,6,9,14-21,28H2,1H3,(H,33,34). The minimum absolute atomic E-state index is 0.0690. The first-order valence-corrected chi connectivity index (χ1v) is 12.3. The van der Waals surface area contributed by atoms with Crippen LogP contribution in [0.2, 0.25) is 0 Å². The normalized spacial score (nSPS) is 14.6. The summed E-state index contributed by atoms with van der Waals surface area (Å²) >= 11 is 0. The van der Waals surface area contributed by atoms with E-state index in [1.165, 1.54) is 0 Å². The molecule has 1 heterocycles. The first-order valence-electron chi connectivity index (χ1n) is 12.3. The van der Waals surface area contributed by atoms with Crippen LogP contribution in [-0.4, -0.2) is 72.7 Å². The van der Waals surface area contributed by atoms with Gasteiger partial charge in [-0.1, -0.05) is 55.0 Å². The maximum absolute atomic E-state index is 12.3. The number of hydrogen-bond donors (Lipinski definition) is 2. The van der Waals surface area contributed by atoms with Gasteiger partial charge in [0.2, 0.25) is 5.91 Å². The number of piperidine rings is 1. The second kappa shape index (κ2) is 13.1. The smallest absolute Gasteiger partial charge is 0.412 e. The second-order valence-corrected chi connectivity index (χ2v) is 9.02. The fraction of sp³-hybridized carbons (Fsp3) is 0.481. The summed E-state index contributed by atoms with van der Waals surface area (Å²) < 4.78 is 0. The zero-order valence-electron chi connectivity index (χ0n) is 20.2. The molecule has 0 aromatic heterocycles. The fourth-order valence-electron chi connectivity index (χ4n) is 4.61. The van der Waals surface area contributed by atoms with Crippen LogP contribution < -0.4 is 10.6 Å². The SMILES string of the molecule is CN(CCN1CCC(N(C(=O)O)c2ccccc2-c2ccccc2)CC1)C(=O)CCCCCN. The van der Waals surface area contributed by atoms with Crippen molar-refractivity contribution in [3.63, 3.8) is 0 Å². The zero-order chi connectivity index (χ0) is 24.3. The first-order chi connectivity index (χ1) is 16.5. The molecule has 1 fully saturated rings. The maximum atomic E-state index is 12.3. The summed E-state index contributed by atoms with van der Waals surface area (Å²) in [4.78, 5) is 30.3. The van der Waals surface area contributed by atoms with E-state index < -0.39 is 6.09 Å². The largest absolute Gasteiger partial charge is 0.465 e. The van der Waals surface area contributed by atoms with Crippen LogP contribution >= 0.6 is 0 Å². The Morgan fingerprint density at radius 1 is 1.00 bits per heavy atom. The van der Waals surface area contributed by atoms with Crippen LogP contribution in [0.5, 0.6) is 0 Å². The molecule has 1 aliphatic rings. The van der Waals surface area contributed by atoms with E-state index in [0.717, 1.165) is 68.6 Å². The van der Waals surface area contributed by atoms with Crippen molar-refractivity contribution in [1.82, 2.24) is 9.80 Å². The number of likely N-dealkylation sites (tertiary alicyclic amines) is 1. The van der Waals surface area contributed by atoms with E-state index in [9.17, 15) is 14.7 Å². The van der Waals surface area contributed by atoms with Gasteiger partial charge in [0.15, 0.2) is 0 Å². The number of carbonyl (C=O) groups is 2. The predicted molar refractivity (Wildman–Crippen MR) is 137 cm³/mol. The van der Waals surface area contributed by atoms with E-state index in [1.807, 2.05) is 66.5 Å². The first kappa shape index (κ1) is 25.7. The Labute approximate surface area is 203 Å². The molecule has 2 aromatic carbocycles. The number of likely N-dealkylation sites (N-methyl/N-ethyl adjacent to an activating group) is 1. The number of unbranched alkanes of at least 4 members (excludes halogenated alkanes) is 2. The number of carbonyl (C=O) groups excluding carboxylic acids is 1. The van der Waals surface area contributed by atoms with E-state index >= 15 is 0 Å². The molecule has 0 radical (unpaired) electrons. The molecule has 1 aliphatic heterocycles. The lowest BCUT2D eigenvalue weighted by Crippen LogP contribution is -2.48. The molecule has 7 nitrogen and oxygen atoms in total. The molecule has 0 saturated carbocycles. The van der Waals surface area contributed by atoms with Crippen molar-refractivity contribution < 1.29 is 14.7 Å². The third-order valence-corrected chi connectivity index (χ3v) is 6.65. The highest BCUT2D eigenvalue weighted by molar-refractivity contribution is 5.93. The lowest BCUT2D eigenvalue weighted by molar-refractivity contribution is -0.130. The molecular formula is C27H38N4O3. The topological polar surface area (TPSA) is 90.1 Å². The summed E-state index contributed by atoms with van der Waals surface area (Å²) in [6, 6.07) is 17.6. The molecule has 3 rings (SSSR count). The third-order valence-electron chi connectivity index (χ3n) is 6.65. The summed E-state index contributed by atoms with van der Waals surface area (Å²) in [7, 11) is 1.87. The number of amides is 2. The van der Waals surface area contributed by atoms with Gasteiger partial charge in [0.25, 0.3) is 0 Å². The Hall–Kier alpha value is -2.90. The van der Waals surface area contributed by atoms with Crippen LogP contribution in [0.1, 0.15) is 38.5 Å². The minimum atomic E-state index is -0.915. The van der Waals surface area contributed by atoms with Crippen molar-refractivity contribution in [3.8, 4) is 11.1 Å². The summed E-state index contributed by atoms with van der Waals surface area (Å²) in [5.41, 5.74) is 8.19. The molecule has 0 bridgehead atoms. The molecule has 34 heavy (non-hydrogen) atoms. The molecule has 7 heteroatoms. The lowest BCUT2D eigenvalue weighted by atomic mass is 9.98. The van der Waals surface area contributed by atoms with E-state index in [4.69, 9.17) is 5.73 Å². The van der Waals surface area contributed by atoms with E-state index in [1.54, 1.807) is 4.90 Å². The summed E-state index contributed by atoms with van der Waals surface area (Å²) in [6.45, 7) is 3.82. The molecule has 1 saturated heterocycles. The molecule has 3 N–H and O–H groups in total. The Kier molecular flexibility index (Phi) is 9.91. The second-order valence-electron chi connectivity index (χ2n) is 9.02. The van der Waals surface area contributed by atoms with Gasteiger partial charge in [-0.25, -0.2) is 4.79 Å². The Morgan fingerprint density at radius 2 is 1.68 bits per heavy atom. The van der Waals surface area contributed by atoms with E-state index in [2.05, 4.69) is 4.90 Å². The Bertz CT molecular complexity index is 913. The minimum Gasteiger partial charge on any atom is -0.465 e. The number of nitrogens with two attached hydrogens (primary N) is 1. The van der Waals surface area contributed by atoms with Gasteiger partial charge in [0.05, 0.1) is 5.69 Å². The number of para-hydroxylation sites is 1. The molecule has 2 amide bonds. The molecule has 2 aromatic rings. The van der Waals surface area contributed by atoms with E-state index in [0.29, 0.717) is 19.5 Å². The van der Waals surface area contributed by atoms with Crippen LogP contribution in [0.25, 0.3) is 11.1 Å². The average Bonchev–Trinajstić information content (AvgIpc) is 2.86. The Morgan fingerprint density at radius 3 is 2.35 bits per heavy atom. The van der Waals surface area contributed by atoms with Gasteiger partial charge in [-0.15, -0.1) is 0 Å². The lowest BCUT2D eigenvalue weighted by Gasteiger charge is -2.38. The van der Waals surface area contributed by atoms with Crippen molar-refractivity contribution in [3.05, 3.63) is 54.6 Å². The van der Waals surface area contributed by atoms with Crippen LogP contribution in [-0.2, 0) is 4.79 Å². The van der Waals surface area contributed by atoms with Gasteiger partial charge < -0.3 is 20.6 Å². The molecule has 0 unspecified atom stereocenters. The van der Waals surface area contributed by atoms with Crippen LogP contribution in [0.4, 0.5) is 10.5 Å². The molecular weight excluding hydrogens is 428 g/mol. The highest BCUT2D eigenvalue weighted by atomic mass is 16.4. The summed E-state index contributed by atoms with van der Waals surface area (Å²) in [6.07, 6.45) is 4.06. The van der Waals surface area contributed by atoms with Crippen molar-refractivity contribution in [1.29, 1.82) is 0 Å². The van der Waals surface area contributed by atoms with Crippen molar-refractivity contribution in [2.24, 2.45) is 5.73 Å². The van der Waals surface area contributed by atoms with Crippen molar-refractivity contribution in [2.45, 2.75) is 44.6 Å². The van der Waals surface area contributed by atoms with Crippen LogP contribution in [0, 0.1) is 0 Å². The highest BCUT2D eigenvalue weighted by Crippen LogP contribution is 2.34. The van der Waals surface area contributed by atoms with Crippen molar-refractivity contribution in [2.75, 3.05) is 44.7 Å². The monoisotopic (exact) mass is 466 g/mol. The van der Waals surface area contributed by atoms with Gasteiger partial charge >= 0.3 is 6.09 Å². The molecule has 0 aliphatic carbocycles. The van der Waals surface area contributed by atoms with Gasteiger partial charge in [0, 0.05) is 51.3 Å². The summed E-state index contributed by atoms with van der Waals surface area (Å²) in [5.74, 6) is 0.182. The van der Waals surface area contributed by atoms with Crippen molar-refractivity contribution >= 4 is 17.7 Å². The predicted octanol–water partition coefficient (Wildman–Crippen LogP) is 4.28. The zero-order valence-corrected chi connectivity index (χ0v) is 20.2. The van der Waals surface area contributed by atoms with E-state index in [-0.39, 0.29) is 11.9 Å². The van der Waals surface area contributed by atoms with Gasteiger partial charge in [-0.2, -0.15) is 0 Å². The average molecular weight is 467 g/mol. The van der Waals surface area contributed by atoms with Crippen LogP contribution in [0.15, 0.2) is 54.6 Å². The Balaban J connectivity index is 1.56. The van der Waals surface area contributed by atoms with Gasteiger partial charge in [0.1, 0.15) is 0 Å². The number of rotatable bonds is 11. The van der Waals surface area contributed by atoms with Crippen LogP contribution in [0.3, 0.4) is 0 Å². The number of carboxylic acid groups (broad SMARTS) is 1. The molecule has 184 valence electrons. The maximum Gasteiger partial charge on any atom is 0.412 e. The number of hydrogen-bond acceptors (Lipinski definition) is 4. The van der Waals surface area contributed by atoms with Gasteiger partial charge in [-0.3, -0.25) is 9.69 Å². The number of anilines is 1. The number of benzene rings is 2.